The monoisotopic (exact) mass is 612 g/mol. The van der Waals surface area contributed by atoms with Crippen molar-refractivity contribution < 1.29 is 19.0 Å². The summed E-state index contributed by atoms with van der Waals surface area (Å²) in [5.41, 5.74) is 3.00. The van der Waals surface area contributed by atoms with Gasteiger partial charge in [0.05, 0.1) is 23.5 Å². The standard InChI is InChI=1S/C26H21IN4O4S/c1-33-20-14-16(13-18(27)22(20)34-2)25-31(24(32)15-9-5-4-6-10-15)19-12-8-7-11-17(19)21-23(35-25)28-26(36-3)30-29-21/h4-14,25H,1-3H3/t25-/m0/s1. The molecule has 36 heavy (non-hydrogen) atoms. The Balaban J connectivity index is 1.78. The second kappa shape index (κ2) is 10.3. The van der Waals surface area contributed by atoms with E-state index in [2.05, 4.69) is 37.8 Å². The number of para-hydroxylation sites is 1. The number of nitrogens with zero attached hydrogens (tertiary/aromatic N) is 4. The van der Waals surface area contributed by atoms with Gasteiger partial charge in [0, 0.05) is 16.7 Å². The van der Waals surface area contributed by atoms with Gasteiger partial charge in [-0.15, -0.1) is 10.2 Å². The molecule has 182 valence electrons. The third kappa shape index (κ3) is 4.35. The Morgan fingerprint density at radius 1 is 1.03 bits per heavy atom. The van der Waals surface area contributed by atoms with E-state index in [9.17, 15) is 4.79 Å². The summed E-state index contributed by atoms with van der Waals surface area (Å²) >= 11 is 3.54. The van der Waals surface area contributed by atoms with Gasteiger partial charge in [0.2, 0.25) is 17.3 Å². The minimum Gasteiger partial charge on any atom is -0.493 e. The average Bonchev–Trinajstić information content (AvgIpc) is 3.06. The van der Waals surface area contributed by atoms with E-state index in [4.69, 9.17) is 14.2 Å². The summed E-state index contributed by atoms with van der Waals surface area (Å²) < 4.78 is 18.5. The summed E-state index contributed by atoms with van der Waals surface area (Å²) in [6.07, 6.45) is 0.993. The van der Waals surface area contributed by atoms with Crippen molar-refractivity contribution in [3.05, 3.63) is 81.4 Å². The highest BCUT2D eigenvalue weighted by Crippen LogP contribution is 2.45. The second-order valence-electron chi connectivity index (χ2n) is 7.72. The van der Waals surface area contributed by atoms with Crippen molar-refractivity contribution in [3.63, 3.8) is 0 Å². The van der Waals surface area contributed by atoms with Crippen molar-refractivity contribution in [2.75, 3.05) is 25.4 Å². The molecule has 0 bridgehead atoms. The highest BCUT2D eigenvalue weighted by molar-refractivity contribution is 14.1. The normalized spacial score (nSPS) is 14.2. The van der Waals surface area contributed by atoms with Crippen LogP contribution in [-0.2, 0) is 0 Å². The lowest BCUT2D eigenvalue weighted by atomic mass is 10.1. The number of rotatable bonds is 5. The van der Waals surface area contributed by atoms with E-state index in [-0.39, 0.29) is 5.91 Å². The SMILES string of the molecule is COc1cc([C@@H]2Oc3nc(SC)nnc3-c3ccccc3N2C(=O)c2ccccc2)cc(I)c1OC. The Bertz CT molecular complexity index is 1440. The predicted octanol–water partition coefficient (Wildman–Crippen LogP) is 5.62. The summed E-state index contributed by atoms with van der Waals surface area (Å²) in [6, 6.07) is 20.3. The molecule has 5 rings (SSSR count). The average molecular weight is 612 g/mol. The fourth-order valence-corrected chi connectivity index (χ4v) is 5.18. The van der Waals surface area contributed by atoms with Gasteiger partial charge in [-0.2, -0.15) is 4.98 Å². The molecule has 0 saturated heterocycles. The van der Waals surface area contributed by atoms with Gasteiger partial charge in [0.15, 0.2) is 17.2 Å². The van der Waals surface area contributed by atoms with Crippen LogP contribution in [0.3, 0.4) is 0 Å². The topological polar surface area (TPSA) is 86.7 Å². The van der Waals surface area contributed by atoms with E-state index in [1.807, 2.05) is 60.9 Å². The van der Waals surface area contributed by atoms with Crippen LogP contribution in [0, 0.1) is 3.57 Å². The molecule has 4 aromatic rings. The first kappa shape index (κ1) is 24.3. The van der Waals surface area contributed by atoms with Gasteiger partial charge in [-0.25, -0.2) is 0 Å². The first-order valence-corrected chi connectivity index (χ1v) is 13.2. The highest BCUT2D eigenvalue weighted by Gasteiger charge is 2.37. The van der Waals surface area contributed by atoms with E-state index in [1.54, 1.807) is 31.3 Å². The summed E-state index contributed by atoms with van der Waals surface area (Å²) in [4.78, 5) is 20.3. The molecule has 0 fully saturated rings. The number of benzene rings is 3. The Hall–Kier alpha value is -3.38. The van der Waals surface area contributed by atoms with Gasteiger partial charge in [-0.05, 0) is 59.2 Å². The Morgan fingerprint density at radius 2 is 1.78 bits per heavy atom. The zero-order chi connectivity index (χ0) is 25.2. The lowest BCUT2D eigenvalue weighted by Gasteiger charge is -2.31. The number of ether oxygens (including phenoxy) is 3. The smallest absolute Gasteiger partial charge is 0.261 e. The van der Waals surface area contributed by atoms with E-state index in [0.717, 1.165) is 3.57 Å². The van der Waals surface area contributed by atoms with Crippen molar-refractivity contribution >= 4 is 45.9 Å². The number of hydrogen-bond donors (Lipinski definition) is 0. The van der Waals surface area contributed by atoms with E-state index >= 15 is 0 Å². The Kier molecular flexibility index (Phi) is 6.97. The van der Waals surface area contributed by atoms with Crippen molar-refractivity contribution in [2.24, 2.45) is 0 Å². The maximum Gasteiger partial charge on any atom is 0.261 e. The first-order valence-electron chi connectivity index (χ1n) is 10.9. The minimum absolute atomic E-state index is 0.233. The molecule has 0 spiro atoms. The zero-order valence-electron chi connectivity index (χ0n) is 19.6. The van der Waals surface area contributed by atoms with Crippen molar-refractivity contribution in [1.29, 1.82) is 0 Å². The molecule has 1 amide bonds. The number of amides is 1. The van der Waals surface area contributed by atoms with Gasteiger partial charge in [-0.1, -0.05) is 48.2 Å². The van der Waals surface area contributed by atoms with Crippen molar-refractivity contribution in [3.8, 4) is 28.6 Å². The number of carbonyl (C=O) groups excluding carboxylic acids is 1. The van der Waals surface area contributed by atoms with Crippen LogP contribution in [0.4, 0.5) is 5.69 Å². The first-order chi connectivity index (χ1) is 17.5. The second-order valence-corrected chi connectivity index (χ2v) is 9.65. The molecule has 10 heteroatoms. The quantitative estimate of drug-likeness (QED) is 0.212. The number of carbonyl (C=O) groups is 1. The molecule has 0 unspecified atom stereocenters. The predicted molar refractivity (Wildman–Crippen MR) is 146 cm³/mol. The summed E-state index contributed by atoms with van der Waals surface area (Å²) in [5, 5.41) is 9.11. The fourth-order valence-electron chi connectivity index (χ4n) is 4.04. The van der Waals surface area contributed by atoms with Crippen molar-refractivity contribution in [2.45, 2.75) is 11.4 Å². The maximum absolute atomic E-state index is 14.1. The number of thioether (sulfide) groups is 1. The number of hydrogen-bond acceptors (Lipinski definition) is 8. The molecule has 1 atom stereocenters. The molecule has 1 aromatic heterocycles. The number of halogens is 1. The van der Waals surface area contributed by atoms with Crippen LogP contribution in [-0.4, -0.2) is 41.6 Å². The molecule has 8 nitrogen and oxygen atoms in total. The van der Waals surface area contributed by atoms with Crippen LogP contribution in [0.25, 0.3) is 11.3 Å². The van der Waals surface area contributed by atoms with E-state index in [1.165, 1.54) is 11.8 Å². The molecule has 1 aliphatic heterocycles. The molecule has 0 aliphatic carbocycles. The van der Waals surface area contributed by atoms with Gasteiger partial charge in [0.25, 0.3) is 5.91 Å². The van der Waals surface area contributed by atoms with Crippen LogP contribution < -0.4 is 19.1 Å². The zero-order valence-corrected chi connectivity index (χ0v) is 22.6. The third-order valence-electron chi connectivity index (χ3n) is 5.67. The van der Waals surface area contributed by atoms with Crippen LogP contribution in [0.15, 0.2) is 71.9 Å². The van der Waals surface area contributed by atoms with Crippen LogP contribution >= 0.6 is 34.4 Å². The van der Waals surface area contributed by atoms with Gasteiger partial charge in [0.1, 0.15) is 0 Å². The van der Waals surface area contributed by atoms with Crippen LogP contribution in [0.2, 0.25) is 0 Å². The summed E-state index contributed by atoms with van der Waals surface area (Å²) in [6.45, 7) is 0. The Morgan fingerprint density at radius 3 is 2.50 bits per heavy atom. The molecular formula is C26H21IN4O4S. The fraction of sp³-hybridized carbons (Fsp3) is 0.154. The van der Waals surface area contributed by atoms with E-state index in [0.29, 0.717) is 50.6 Å². The number of anilines is 1. The van der Waals surface area contributed by atoms with Crippen molar-refractivity contribution in [1.82, 2.24) is 15.2 Å². The van der Waals surface area contributed by atoms with Gasteiger partial charge >= 0.3 is 0 Å². The van der Waals surface area contributed by atoms with Crippen LogP contribution in [0.1, 0.15) is 22.1 Å². The molecule has 2 heterocycles. The molecule has 3 aromatic carbocycles. The minimum atomic E-state index is -0.875. The largest absolute Gasteiger partial charge is 0.493 e. The lowest BCUT2D eigenvalue weighted by molar-refractivity contribution is 0.0909. The third-order valence-corrected chi connectivity index (χ3v) is 7.01. The van der Waals surface area contributed by atoms with Crippen LogP contribution in [0.5, 0.6) is 17.4 Å². The molecular weight excluding hydrogens is 591 g/mol. The Labute approximate surface area is 226 Å². The number of fused-ring (bicyclic) bond motifs is 3. The molecule has 0 radical (unpaired) electrons. The number of aromatic nitrogens is 3. The van der Waals surface area contributed by atoms with Gasteiger partial charge < -0.3 is 14.2 Å². The summed E-state index contributed by atoms with van der Waals surface area (Å²) in [5.74, 6) is 1.19. The molecule has 0 N–H and O–H groups in total. The van der Waals surface area contributed by atoms with E-state index < -0.39 is 6.23 Å². The number of methoxy groups -OCH3 is 2. The molecule has 1 aliphatic rings. The maximum atomic E-state index is 14.1. The molecule has 0 saturated carbocycles. The lowest BCUT2D eigenvalue weighted by Crippen LogP contribution is -2.37. The summed E-state index contributed by atoms with van der Waals surface area (Å²) in [7, 11) is 3.16. The van der Waals surface area contributed by atoms with Gasteiger partial charge in [-0.3, -0.25) is 9.69 Å². The highest BCUT2D eigenvalue weighted by atomic mass is 127.